The van der Waals surface area contributed by atoms with Crippen LogP contribution < -0.4 is 0 Å². The van der Waals surface area contributed by atoms with E-state index in [1.54, 1.807) is 0 Å². The molecule has 0 spiro atoms. The van der Waals surface area contributed by atoms with E-state index >= 15 is 0 Å². The molecule has 12 heavy (non-hydrogen) atoms. The minimum Gasteiger partial charge on any atom is -0.468 e. The summed E-state index contributed by atoms with van der Waals surface area (Å²) in [5, 5.41) is 6.97. The standard InChI is InChI=1S/C6H7N3O3/c1-12-6(11)3-9-2-5(4-10)7-8-9/h2,4H,3H2,1H3. The SMILES string of the molecule is COC(=O)Cn1cc(C=O)nn1. The van der Waals surface area contributed by atoms with Crippen LogP contribution in [0.3, 0.4) is 0 Å². The highest BCUT2D eigenvalue weighted by Gasteiger charge is 2.03. The van der Waals surface area contributed by atoms with Crippen molar-refractivity contribution in [1.29, 1.82) is 0 Å². The number of rotatable bonds is 3. The zero-order valence-corrected chi connectivity index (χ0v) is 6.43. The topological polar surface area (TPSA) is 74.1 Å². The van der Waals surface area contributed by atoms with Gasteiger partial charge < -0.3 is 4.74 Å². The maximum atomic E-state index is 10.7. The Kier molecular flexibility index (Phi) is 2.52. The van der Waals surface area contributed by atoms with Crippen molar-refractivity contribution in [3.8, 4) is 0 Å². The molecule has 0 unspecified atom stereocenters. The fourth-order valence-electron chi connectivity index (χ4n) is 0.641. The predicted octanol–water partition coefficient (Wildman–Crippen LogP) is -0.736. The molecule has 1 heterocycles. The lowest BCUT2D eigenvalue weighted by molar-refractivity contribution is -0.141. The largest absolute Gasteiger partial charge is 0.468 e. The van der Waals surface area contributed by atoms with Gasteiger partial charge in [0, 0.05) is 0 Å². The molecule has 0 aliphatic heterocycles. The summed E-state index contributed by atoms with van der Waals surface area (Å²) in [6, 6.07) is 0. The molecular formula is C6H7N3O3. The fraction of sp³-hybridized carbons (Fsp3) is 0.333. The Labute approximate surface area is 68.1 Å². The van der Waals surface area contributed by atoms with Gasteiger partial charge in [-0.2, -0.15) is 0 Å². The zero-order chi connectivity index (χ0) is 8.97. The number of nitrogens with zero attached hydrogens (tertiary/aromatic N) is 3. The molecule has 0 aromatic carbocycles. The van der Waals surface area contributed by atoms with Gasteiger partial charge in [0.05, 0.1) is 13.3 Å². The summed E-state index contributed by atoms with van der Waals surface area (Å²) in [6.07, 6.45) is 1.92. The maximum Gasteiger partial charge on any atom is 0.327 e. The molecule has 1 rings (SSSR count). The van der Waals surface area contributed by atoms with Crippen LogP contribution in [-0.4, -0.2) is 34.4 Å². The Morgan fingerprint density at radius 2 is 2.58 bits per heavy atom. The van der Waals surface area contributed by atoms with Crippen LogP contribution in [0.5, 0.6) is 0 Å². The quantitative estimate of drug-likeness (QED) is 0.440. The molecule has 0 saturated carbocycles. The van der Waals surface area contributed by atoms with E-state index in [2.05, 4.69) is 15.0 Å². The van der Waals surface area contributed by atoms with E-state index in [1.807, 2.05) is 0 Å². The molecule has 6 nitrogen and oxygen atoms in total. The number of aldehydes is 1. The molecule has 0 N–H and O–H groups in total. The number of carbonyl (C=O) groups excluding carboxylic acids is 2. The number of ether oxygens (including phenoxy) is 1. The summed E-state index contributed by atoms with van der Waals surface area (Å²) in [4.78, 5) is 20.8. The highest BCUT2D eigenvalue weighted by molar-refractivity contribution is 5.71. The van der Waals surface area contributed by atoms with E-state index in [0.29, 0.717) is 6.29 Å². The summed E-state index contributed by atoms with van der Waals surface area (Å²) in [6.45, 7) is -0.0304. The first-order chi connectivity index (χ1) is 5.76. The first-order valence-corrected chi connectivity index (χ1v) is 3.18. The highest BCUT2D eigenvalue weighted by atomic mass is 16.5. The van der Waals surface area contributed by atoms with E-state index in [4.69, 9.17) is 0 Å². The van der Waals surface area contributed by atoms with Crippen LogP contribution in [0, 0.1) is 0 Å². The van der Waals surface area contributed by atoms with E-state index in [-0.39, 0.29) is 12.2 Å². The van der Waals surface area contributed by atoms with Crippen molar-refractivity contribution in [3.63, 3.8) is 0 Å². The zero-order valence-electron chi connectivity index (χ0n) is 6.43. The summed E-state index contributed by atoms with van der Waals surface area (Å²) < 4.78 is 5.61. The minimum atomic E-state index is -0.433. The van der Waals surface area contributed by atoms with Gasteiger partial charge in [-0.15, -0.1) is 5.10 Å². The molecule has 1 aromatic rings. The van der Waals surface area contributed by atoms with Crippen molar-refractivity contribution in [3.05, 3.63) is 11.9 Å². The molecule has 0 amide bonds. The molecule has 0 aliphatic carbocycles. The van der Waals surface area contributed by atoms with Crippen LogP contribution >= 0.6 is 0 Å². The van der Waals surface area contributed by atoms with E-state index in [9.17, 15) is 9.59 Å². The van der Waals surface area contributed by atoms with Crippen molar-refractivity contribution < 1.29 is 14.3 Å². The monoisotopic (exact) mass is 169 g/mol. The van der Waals surface area contributed by atoms with Crippen molar-refractivity contribution in [1.82, 2.24) is 15.0 Å². The number of esters is 1. The molecule has 0 atom stereocenters. The normalized spacial score (nSPS) is 9.42. The molecule has 0 bridgehead atoms. The lowest BCUT2D eigenvalue weighted by Gasteiger charge is -1.95. The number of carbonyl (C=O) groups is 2. The second-order valence-corrected chi connectivity index (χ2v) is 2.03. The molecule has 0 radical (unpaired) electrons. The van der Waals surface area contributed by atoms with Gasteiger partial charge in [0.15, 0.2) is 6.29 Å². The van der Waals surface area contributed by atoms with E-state index < -0.39 is 5.97 Å². The summed E-state index contributed by atoms with van der Waals surface area (Å²) in [7, 11) is 1.28. The molecule has 6 heteroatoms. The van der Waals surface area contributed by atoms with Crippen molar-refractivity contribution in [2.24, 2.45) is 0 Å². The molecule has 1 aromatic heterocycles. The first-order valence-electron chi connectivity index (χ1n) is 3.18. The second kappa shape index (κ2) is 3.61. The Bertz CT molecular complexity index is 294. The Hall–Kier alpha value is -1.72. The van der Waals surface area contributed by atoms with Gasteiger partial charge in [-0.25, -0.2) is 4.68 Å². The molecule has 0 aliphatic rings. The van der Waals surface area contributed by atoms with Gasteiger partial charge >= 0.3 is 5.97 Å². The van der Waals surface area contributed by atoms with Gasteiger partial charge in [0.2, 0.25) is 0 Å². The van der Waals surface area contributed by atoms with Crippen LogP contribution in [-0.2, 0) is 16.1 Å². The number of aromatic nitrogens is 3. The highest BCUT2D eigenvalue weighted by Crippen LogP contribution is 1.89. The lowest BCUT2D eigenvalue weighted by Crippen LogP contribution is -2.11. The van der Waals surface area contributed by atoms with Crippen molar-refractivity contribution in [2.75, 3.05) is 7.11 Å². The number of hydrogen-bond acceptors (Lipinski definition) is 5. The van der Waals surface area contributed by atoms with E-state index in [0.717, 1.165) is 0 Å². The minimum absolute atomic E-state index is 0.0304. The predicted molar refractivity (Wildman–Crippen MR) is 37.4 cm³/mol. The summed E-state index contributed by atoms with van der Waals surface area (Å²) in [5.74, 6) is -0.433. The van der Waals surface area contributed by atoms with Gasteiger partial charge in [-0.05, 0) is 0 Å². The van der Waals surface area contributed by atoms with Crippen LogP contribution in [0.15, 0.2) is 6.20 Å². The van der Waals surface area contributed by atoms with Crippen LogP contribution in [0.4, 0.5) is 0 Å². The Morgan fingerprint density at radius 3 is 3.08 bits per heavy atom. The summed E-state index contributed by atoms with van der Waals surface area (Å²) in [5.41, 5.74) is 0.193. The van der Waals surface area contributed by atoms with Gasteiger partial charge in [0.1, 0.15) is 12.2 Å². The molecule has 0 fully saturated rings. The van der Waals surface area contributed by atoms with Gasteiger partial charge in [-0.1, -0.05) is 5.21 Å². The summed E-state index contributed by atoms with van der Waals surface area (Å²) >= 11 is 0. The molecule has 0 saturated heterocycles. The van der Waals surface area contributed by atoms with Gasteiger partial charge in [0.25, 0.3) is 0 Å². The van der Waals surface area contributed by atoms with Crippen molar-refractivity contribution in [2.45, 2.75) is 6.54 Å². The first kappa shape index (κ1) is 8.38. The third-order valence-electron chi connectivity index (χ3n) is 1.20. The molecular weight excluding hydrogens is 162 g/mol. The number of hydrogen-bond donors (Lipinski definition) is 0. The smallest absolute Gasteiger partial charge is 0.327 e. The van der Waals surface area contributed by atoms with Crippen LogP contribution in [0.2, 0.25) is 0 Å². The fourth-order valence-corrected chi connectivity index (χ4v) is 0.641. The Balaban J connectivity index is 2.63. The van der Waals surface area contributed by atoms with E-state index in [1.165, 1.54) is 18.0 Å². The second-order valence-electron chi connectivity index (χ2n) is 2.03. The third-order valence-corrected chi connectivity index (χ3v) is 1.20. The average Bonchev–Trinajstić information content (AvgIpc) is 2.52. The Morgan fingerprint density at radius 1 is 1.83 bits per heavy atom. The maximum absolute atomic E-state index is 10.7. The van der Waals surface area contributed by atoms with Gasteiger partial charge in [-0.3, -0.25) is 9.59 Å². The lowest BCUT2D eigenvalue weighted by atomic mass is 10.5. The third kappa shape index (κ3) is 1.88. The molecule has 64 valence electrons. The number of methoxy groups -OCH3 is 1. The average molecular weight is 169 g/mol. The van der Waals surface area contributed by atoms with Crippen LogP contribution in [0.25, 0.3) is 0 Å². The van der Waals surface area contributed by atoms with Crippen LogP contribution in [0.1, 0.15) is 10.5 Å². The van der Waals surface area contributed by atoms with Crippen molar-refractivity contribution >= 4 is 12.3 Å².